The molecular formula is C24H32ClN5. The van der Waals surface area contributed by atoms with Gasteiger partial charge in [0.2, 0.25) is 5.95 Å². The monoisotopic (exact) mass is 425 g/mol. The minimum Gasteiger partial charge on any atom is -0.362 e. The summed E-state index contributed by atoms with van der Waals surface area (Å²) >= 11 is 6.08. The zero-order valence-electron chi connectivity index (χ0n) is 17.0. The largest absolute Gasteiger partial charge is 0.362 e. The molecule has 2 aromatic carbocycles. The first-order valence-electron chi connectivity index (χ1n) is 10.3. The van der Waals surface area contributed by atoms with Crippen molar-refractivity contribution in [3.63, 3.8) is 0 Å². The van der Waals surface area contributed by atoms with E-state index >= 15 is 0 Å². The van der Waals surface area contributed by atoms with Gasteiger partial charge in [-0.2, -0.15) is 4.98 Å². The van der Waals surface area contributed by atoms with E-state index in [1.54, 1.807) is 0 Å². The zero-order chi connectivity index (χ0) is 20.2. The lowest BCUT2D eigenvalue weighted by molar-refractivity contribution is 0.352. The minimum atomic E-state index is 0. The zero-order valence-corrected chi connectivity index (χ0v) is 17.8. The van der Waals surface area contributed by atoms with Crippen molar-refractivity contribution >= 4 is 34.3 Å². The average molecular weight is 426 g/mol. The van der Waals surface area contributed by atoms with Crippen LogP contribution in [0, 0.1) is 0 Å². The number of fused-ring (bicyclic) bond motifs is 1. The lowest BCUT2D eigenvalue weighted by atomic mass is 9.91. The van der Waals surface area contributed by atoms with Gasteiger partial charge < -0.3 is 15.5 Å². The molecule has 0 bridgehead atoms. The molecule has 1 aliphatic rings. The van der Waals surface area contributed by atoms with Gasteiger partial charge in [-0.3, -0.25) is 0 Å². The van der Waals surface area contributed by atoms with E-state index in [9.17, 15) is 0 Å². The molecule has 1 heterocycles. The lowest BCUT2D eigenvalue weighted by Crippen LogP contribution is -2.37. The summed E-state index contributed by atoms with van der Waals surface area (Å²) < 4.78 is 0. The van der Waals surface area contributed by atoms with Gasteiger partial charge >= 0.3 is 0 Å². The first-order valence-corrected chi connectivity index (χ1v) is 10.6. The van der Waals surface area contributed by atoms with Crippen LogP contribution in [0.25, 0.3) is 10.9 Å². The molecular weight excluding hydrogens is 394 g/mol. The summed E-state index contributed by atoms with van der Waals surface area (Å²) in [5.41, 5.74) is 2.21. The van der Waals surface area contributed by atoms with E-state index in [1.165, 1.54) is 5.56 Å². The predicted molar refractivity (Wildman–Crippen MR) is 129 cm³/mol. The van der Waals surface area contributed by atoms with E-state index in [1.807, 2.05) is 55.4 Å². The van der Waals surface area contributed by atoms with Crippen LogP contribution in [0.1, 0.15) is 38.7 Å². The van der Waals surface area contributed by atoms with E-state index in [0.717, 1.165) is 59.9 Å². The predicted octanol–water partition coefficient (Wildman–Crippen LogP) is 5.50. The maximum Gasteiger partial charge on any atom is 0.225 e. The number of aromatic nitrogens is 2. The first-order chi connectivity index (χ1) is 14.1. The molecule has 1 saturated carbocycles. The third kappa shape index (κ3) is 5.41. The standard InChI is InChI=1S/C23H28ClN5.CH4/c1-29(2)22-20-8-3-4-9-21(20)27-23(28-22)26-19-12-10-18(11-13-19)25-15-16-6-5-7-17(24)14-16;/h3-9,14,18-19,25H,10-13,15H2,1-2H3,(H,26,27,28);1H4. The Kier molecular flexibility index (Phi) is 7.51. The molecule has 0 unspecified atom stereocenters. The summed E-state index contributed by atoms with van der Waals surface area (Å²) in [7, 11) is 4.05. The van der Waals surface area contributed by atoms with Gasteiger partial charge in [0.05, 0.1) is 5.52 Å². The van der Waals surface area contributed by atoms with Crippen molar-refractivity contribution in [1.29, 1.82) is 0 Å². The van der Waals surface area contributed by atoms with Crippen molar-refractivity contribution in [3.8, 4) is 0 Å². The Hall–Kier alpha value is -2.37. The van der Waals surface area contributed by atoms with Crippen LogP contribution in [0.4, 0.5) is 11.8 Å². The van der Waals surface area contributed by atoms with E-state index in [0.29, 0.717) is 12.1 Å². The summed E-state index contributed by atoms with van der Waals surface area (Å²) in [5, 5.41) is 9.13. The van der Waals surface area contributed by atoms with Gasteiger partial charge in [-0.1, -0.05) is 43.3 Å². The van der Waals surface area contributed by atoms with Crippen LogP contribution in [0.2, 0.25) is 5.02 Å². The van der Waals surface area contributed by atoms with Crippen molar-refractivity contribution in [3.05, 3.63) is 59.1 Å². The lowest BCUT2D eigenvalue weighted by Gasteiger charge is -2.30. The van der Waals surface area contributed by atoms with Crippen LogP contribution in [0.3, 0.4) is 0 Å². The summed E-state index contributed by atoms with van der Waals surface area (Å²) in [6.07, 6.45) is 4.51. The third-order valence-electron chi connectivity index (χ3n) is 5.55. The van der Waals surface area contributed by atoms with Gasteiger partial charge in [0, 0.05) is 43.1 Å². The summed E-state index contributed by atoms with van der Waals surface area (Å²) in [5.74, 6) is 1.68. The van der Waals surface area contributed by atoms with Gasteiger partial charge in [-0.15, -0.1) is 0 Å². The van der Waals surface area contributed by atoms with Gasteiger partial charge in [-0.05, 0) is 55.5 Å². The van der Waals surface area contributed by atoms with E-state index in [-0.39, 0.29) is 7.43 Å². The summed E-state index contributed by atoms with van der Waals surface area (Å²) in [6, 6.07) is 17.2. The topological polar surface area (TPSA) is 53.1 Å². The number of nitrogens with one attached hydrogen (secondary N) is 2. The number of benzene rings is 2. The van der Waals surface area contributed by atoms with Crippen LogP contribution in [-0.4, -0.2) is 36.1 Å². The van der Waals surface area contributed by atoms with Crippen molar-refractivity contribution in [2.24, 2.45) is 0 Å². The normalized spacial score (nSPS) is 18.6. The Morgan fingerprint density at radius 1 is 0.967 bits per heavy atom. The number of halogens is 1. The molecule has 1 aliphatic carbocycles. The van der Waals surface area contributed by atoms with Crippen LogP contribution >= 0.6 is 11.6 Å². The van der Waals surface area contributed by atoms with Crippen molar-refractivity contribution in [2.45, 2.75) is 51.7 Å². The third-order valence-corrected chi connectivity index (χ3v) is 5.79. The Bertz CT molecular complexity index is 967. The highest BCUT2D eigenvalue weighted by molar-refractivity contribution is 6.30. The summed E-state index contributed by atoms with van der Waals surface area (Å²) in [6.45, 7) is 0.864. The molecule has 6 heteroatoms. The maximum atomic E-state index is 6.08. The number of para-hydroxylation sites is 1. The molecule has 0 atom stereocenters. The molecule has 30 heavy (non-hydrogen) atoms. The first kappa shape index (κ1) is 22.3. The fourth-order valence-electron chi connectivity index (χ4n) is 4.00. The number of nitrogens with zero attached hydrogens (tertiary/aromatic N) is 3. The van der Waals surface area contributed by atoms with Crippen molar-refractivity contribution < 1.29 is 0 Å². The van der Waals surface area contributed by atoms with Gasteiger partial charge in [0.1, 0.15) is 5.82 Å². The minimum absolute atomic E-state index is 0. The smallest absolute Gasteiger partial charge is 0.225 e. The van der Waals surface area contributed by atoms with Gasteiger partial charge in [0.25, 0.3) is 0 Å². The molecule has 0 amide bonds. The molecule has 0 spiro atoms. The van der Waals surface area contributed by atoms with Gasteiger partial charge in [0.15, 0.2) is 0 Å². The molecule has 3 aromatic rings. The number of rotatable bonds is 6. The van der Waals surface area contributed by atoms with Crippen LogP contribution in [0.5, 0.6) is 0 Å². The van der Waals surface area contributed by atoms with Crippen LogP contribution in [0.15, 0.2) is 48.5 Å². The number of hydrogen-bond donors (Lipinski definition) is 2. The van der Waals surface area contributed by atoms with E-state index in [2.05, 4.69) is 22.8 Å². The highest BCUT2D eigenvalue weighted by atomic mass is 35.5. The second kappa shape index (κ2) is 10.1. The van der Waals surface area contributed by atoms with E-state index < -0.39 is 0 Å². The highest BCUT2D eigenvalue weighted by Crippen LogP contribution is 2.26. The fraction of sp³-hybridized carbons (Fsp3) is 0.417. The van der Waals surface area contributed by atoms with Gasteiger partial charge in [-0.25, -0.2) is 4.98 Å². The maximum absolute atomic E-state index is 6.08. The average Bonchev–Trinajstić information content (AvgIpc) is 2.72. The molecule has 5 nitrogen and oxygen atoms in total. The second-order valence-electron chi connectivity index (χ2n) is 7.99. The van der Waals surface area contributed by atoms with E-state index in [4.69, 9.17) is 21.6 Å². The van der Waals surface area contributed by atoms with Crippen LogP contribution in [-0.2, 0) is 6.54 Å². The molecule has 2 N–H and O–H groups in total. The Balaban J connectivity index is 0.00000256. The van der Waals surface area contributed by atoms with Crippen molar-refractivity contribution in [2.75, 3.05) is 24.3 Å². The Labute approximate surface area is 184 Å². The fourth-order valence-corrected chi connectivity index (χ4v) is 4.21. The second-order valence-corrected chi connectivity index (χ2v) is 8.42. The number of hydrogen-bond acceptors (Lipinski definition) is 5. The molecule has 1 aromatic heterocycles. The molecule has 0 radical (unpaired) electrons. The molecule has 1 fully saturated rings. The quantitative estimate of drug-likeness (QED) is 0.546. The Morgan fingerprint density at radius 3 is 2.43 bits per heavy atom. The molecule has 160 valence electrons. The molecule has 0 aliphatic heterocycles. The SMILES string of the molecule is C.CN(C)c1nc(NC2CCC(NCc3cccc(Cl)c3)CC2)nc2ccccc12. The van der Waals surface area contributed by atoms with Crippen LogP contribution < -0.4 is 15.5 Å². The highest BCUT2D eigenvalue weighted by Gasteiger charge is 2.22. The summed E-state index contributed by atoms with van der Waals surface area (Å²) in [4.78, 5) is 11.6. The Morgan fingerprint density at radius 2 is 1.70 bits per heavy atom. The van der Waals surface area contributed by atoms with Crippen molar-refractivity contribution in [1.82, 2.24) is 15.3 Å². The number of anilines is 2. The molecule has 4 rings (SSSR count). The molecule has 0 saturated heterocycles.